The zero-order chi connectivity index (χ0) is 13.5. The predicted molar refractivity (Wildman–Crippen MR) is 75.8 cm³/mol. The molecule has 0 aliphatic rings. The molecule has 2 aromatic carbocycles. The van der Waals surface area contributed by atoms with Crippen LogP contribution in [0.2, 0.25) is 0 Å². The molecule has 0 spiro atoms. The molecule has 0 unspecified atom stereocenters. The Balaban J connectivity index is 2.07. The van der Waals surface area contributed by atoms with Crippen molar-refractivity contribution in [2.45, 2.75) is 9.79 Å². The molecule has 4 nitrogen and oxygen atoms in total. The van der Waals surface area contributed by atoms with Crippen LogP contribution in [0.25, 0.3) is 0 Å². The number of benzene rings is 2. The Labute approximate surface area is 115 Å². The Morgan fingerprint density at radius 2 is 1.05 bits per heavy atom. The van der Waals surface area contributed by atoms with Crippen LogP contribution in [-0.4, -0.2) is 22.8 Å². The standard InChI is InChI=1S/C14H12N2O2S/c17-15-9-11-1-5-13(6-2-11)19-14-7-3-12(4-8-14)10-16-18/h1-10,17-18H. The van der Waals surface area contributed by atoms with E-state index in [9.17, 15) is 0 Å². The highest BCUT2D eigenvalue weighted by Crippen LogP contribution is 2.27. The molecule has 5 heteroatoms. The second-order valence-electron chi connectivity index (χ2n) is 3.73. The first kappa shape index (κ1) is 13.2. The SMILES string of the molecule is ON=Cc1ccc(Sc2ccc(C=NO)cc2)cc1. The summed E-state index contributed by atoms with van der Waals surface area (Å²) >= 11 is 1.63. The fourth-order valence-corrected chi connectivity index (χ4v) is 2.33. The lowest BCUT2D eigenvalue weighted by molar-refractivity contribution is 0.321. The van der Waals surface area contributed by atoms with Gasteiger partial charge < -0.3 is 10.4 Å². The van der Waals surface area contributed by atoms with Crippen LogP contribution in [0.5, 0.6) is 0 Å². The highest BCUT2D eigenvalue weighted by molar-refractivity contribution is 7.99. The third-order valence-corrected chi connectivity index (χ3v) is 3.43. The quantitative estimate of drug-likeness (QED) is 0.509. The Kier molecular flexibility index (Phi) is 4.58. The number of rotatable bonds is 4. The summed E-state index contributed by atoms with van der Waals surface area (Å²) in [6, 6.07) is 15.4. The zero-order valence-corrected chi connectivity index (χ0v) is 10.8. The molecule has 0 fully saturated rings. The van der Waals surface area contributed by atoms with Crippen LogP contribution in [0.15, 0.2) is 68.6 Å². The van der Waals surface area contributed by atoms with Crippen LogP contribution in [0.3, 0.4) is 0 Å². The van der Waals surface area contributed by atoms with Crippen LogP contribution in [0, 0.1) is 0 Å². The minimum atomic E-state index is 0.848. The van der Waals surface area contributed by atoms with Crippen LogP contribution in [0.4, 0.5) is 0 Å². The van der Waals surface area contributed by atoms with Crippen molar-refractivity contribution in [2.24, 2.45) is 10.3 Å². The van der Waals surface area contributed by atoms with E-state index in [1.165, 1.54) is 12.4 Å². The first-order chi connectivity index (χ1) is 9.31. The molecule has 96 valence electrons. The topological polar surface area (TPSA) is 65.2 Å². The summed E-state index contributed by atoms with van der Waals surface area (Å²) < 4.78 is 0. The number of hydrogen-bond donors (Lipinski definition) is 2. The van der Waals surface area contributed by atoms with Gasteiger partial charge in [0.05, 0.1) is 12.4 Å². The maximum absolute atomic E-state index is 8.43. The number of hydrogen-bond acceptors (Lipinski definition) is 5. The van der Waals surface area contributed by atoms with E-state index in [2.05, 4.69) is 10.3 Å². The van der Waals surface area contributed by atoms with Crippen LogP contribution in [-0.2, 0) is 0 Å². The Bertz CT molecular complexity index is 524. The molecule has 0 heterocycles. The summed E-state index contributed by atoms with van der Waals surface area (Å²) in [5.74, 6) is 0. The van der Waals surface area contributed by atoms with E-state index in [-0.39, 0.29) is 0 Å². The Hall–Kier alpha value is -2.27. The van der Waals surface area contributed by atoms with Crippen molar-refractivity contribution >= 4 is 24.2 Å². The lowest BCUT2D eigenvalue weighted by Crippen LogP contribution is -1.82. The van der Waals surface area contributed by atoms with Gasteiger partial charge in [0.2, 0.25) is 0 Å². The summed E-state index contributed by atoms with van der Waals surface area (Å²) in [5.41, 5.74) is 1.70. The van der Waals surface area contributed by atoms with Gasteiger partial charge in [-0.05, 0) is 35.4 Å². The minimum absolute atomic E-state index is 0.848. The summed E-state index contributed by atoms with van der Waals surface area (Å²) in [7, 11) is 0. The van der Waals surface area contributed by atoms with Gasteiger partial charge in [0.25, 0.3) is 0 Å². The summed E-state index contributed by atoms with van der Waals surface area (Å²) in [6.45, 7) is 0. The highest BCUT2D eigenvalue weighted by atomic mass is 32.2. The van der Waals surface area contributed by atoms with E-state index in [0.717, 1.165) is 20.9 Å². The van der Waals surface area contributed by atoms with Gasteiger partial charge in [-0.1, -0.05) is 46.3 Å². The monoisotopic (exact) mass is 272 g/mol. The second-order valence-corrected chi connectivity index (χ2v) is 4.88. The molecule has 0 saturated carbocycles. The molecule has 0 amide bonds. The fraction of sp³-hybridized carbons (Fsp3) is 0. The third kappa shape index (κ3) is 3.86. The van der Waals surface area contributed by atoms with Crippen molar-refractivity contribution in [2.75, 3.05) is 0 Å². The van der Waals surface area contributed by atoms with Crippen LogP contribution < -0.4 is 0 Å². The molecule has 2 N–H and O–H groups in total. The first-order valence-corrected chi connectivity index (χ1v) is 6.36. The van der Waals surface area contributed by atoms with E-state index in [0.29, 0.717) is 0 Å². The van der Waals surface area contributed by atoms with Crippen molar-refractivity contribution in [3.05, 3.63) is 59.7 Å². The molecule has 0 aromatic heterocycles. The van der Waals surface area contributed by atoms with Gasteiger partial charge in [0.1, 0.15) is 0 Å². The molecule has 0 atom stereocenters. The van der Waals surface area contributed by atoms with Gasteiger partial charge in [-0.15, -0.1) is 0 Å². The van der Waals surface area contributed by atoms with Crippen LogP contribution in [0.1, 0.15) is 11.1 Å². The van der Waals surface area contributed by atoms with Gasteiger partial charge in [-0.3, -0.25) is 0 Å². The van der Waals surface area contributed by atoms with Crippen molar-refractivity contribution in [1.82, 2.24) is 0 Å². The molecule has 2 aromatic rings. The molecule has 19 heavy (non-hydrogen) atoms. The lowest BCUT2D eigenvalue weighted by atomic mass is 10.2. The van der Waals surface area contributed by atoms with Crippen molar-refractivity contribution in [3.63, 3.8) is 0 Å². The third-order valence-electron chi connectivity index (χ3n) is 2.41. The summed E-state index contributed by atoms with van der Waals surface area (Å²) in [5, 5.41) is 22.8. The lowest BCUT2D eigenvalue weighted by Gasteiger charge is -2.02. The van der Waals surface area contributed by atoms with Gasteiger partial charge in [0.15, 0.2) is 0 Å². The Morgan fingerprint density at radius 3 is 1.37 bits per heavy atom. The molecule has 2 rings (SSSR count). The van der Waals surface area contributed by atoms with Crippen molar-refractivity contribution in [3.8, 4) is 0 Å². The first-order valence-electron chi connectivity index (χ1n) is 5.54. The summed E-state index contributed by atoms with van der Waals surface area (Å²) in [6.07, 6.45) is 2.77. The smallest absolute Gasteiger partial charge is 0.0733 e. The fourth-order valence-electron chi connectivity index (χ4n) is 1.51. The predicted octanol–water partition coefficient (Wildman–Crippen LogP) is 3.45. The number of oxime groups is 2. The van der Waals surface area contributed by atoms with E-state index >= 15 is 0 Å². The highest BCUT2D eigenvalue weighted by Gasteiger charge is 1.98. The van der Waals surface area contributed by atoms with Gasteiger partial charge in [-0.2, -0.15) is 0 Å². The molecule has 0 aliphatic carbocycles. The van der Waals surface area contributed by atoms with E-state index in [1.807, 2.05) is 48.5 Å². The second kappa shape index (κ2) is 6.61. The maximum atomic E-state index is 8.43. The maximum Gasteiger partial charge on any atom is 0.0733 e. The Morgan fingerprint density at radius 1 is 0.684 bits per heavy atom. The van der Waals surface area contributed by atoms with E-state index in [4.69, 9.17) is 10.4 Å². The van der Waals surface area contributed by atoms with Gasteiger partial charge >= 0.3 is 0 Å². The average Bonchev–Trinajstić information content (AvgIpc) is 2.44. The average molecular weight is 272 g/mol. The molecular weight excluding hydrogens is 260 g/mol. The van der Waals surface area contributed by atoms with Crippen molar-refractivity contribution in [1.29, 1.82) is 0 Å². The van der Waals surface area contributed by atoms with E-state index < -0.39 is 0 Å². The van der Waals surface area contributed by atoms with Gasteiger partial charge in [0, 0.05) is 9.79 Å². The molecule has 0 saturated heterocycles. The van der Waals surface area contributed by atoms with Crippen LogP contribution >= 0.6 is 11.8 Å². The normalized spacial score (nSPS) is 11.4. The molecule has 0 aliphatic heterocycles. The minimum Gasteiger partial charge on any atom is -0.411 e. The summed E-state index contributed by atoms with van der Waals surface area (Å²) in [4.78, 5) is 2.19. The zero-order valence-electron chi connectivity index (χ0n) is 9.97. The molecule has 0 bridgehead atoms. The molecular formula is C14H12N2O2S. The van der Waals surface area contributed by atoms with Gasteiger partial charge in [-0.25, -0.2) is 0 Å². The molecule has 0 radical (unpaired) electrons. The largest absolute Gasteiger partial charge is 0.411 e. The number of nitrogens with zero attached hydrogens (tertiary/aromatic N) is 2. The van der Waals surface area contributed by atoms with E-state index in [1.54, 1.807) is 11.8 Å². The van der Waals surface area contributed by atoms with Crippen molar-refractivity contribution < 1.29 is 10.4 Å².